The molecular formula is C22H15BrIN3O2S2. The molecule has 4 rings (SSSR count). The van der Waals surface area contributed by atoms with Crippen molar-refractivity contribution in [3.63, 3.8) is 0 Å². The SMILES string of the molecule is COc1ccc(Br)cc1C(=O)NC(=S)Nc1ccc(I)cc1-c1nc2ccccc2s1. The van der Waals surface area contributed by atoms with E-state index in [1.54, 1.807) is 23.5 Å². The van der Waals surface area contributed by atoms with Crippen molar-refractivity contribution in [3.05, 3.63) is 74.3 Å². The van der Waals surface area contributed by atoms with Gasteiger partial charge in [-0.25, -0.2) is 4.98 Å². The highest BCUT2D eigenvalue weighted by Gasteiger charge is 2.16. The van der Waals surface area contributed by atoms with Crippen LogP contribution in [0.5, 0.6) is 5.75 Å². The standard InChI is InChI=1S/C22H15BrIN3O2S2/c1-29-18-9-6-12(23)10-15(18)20(28)27-22(30)26-16-8-7-13(24)11-14(16)21-25-17-4-2-3-5-19(17)31-21/h2-11H,1H3,(H2,26,27,28,30). The van der Waals surface area contributed by atoms with Gasteiger partial charge in [-0.3, -0.25) is 10.1 Å². The second kappa shape index (κ2) is 9.60. The van der Waals surface area contributed by atoms with Crippen molar-refractivity contribution in [2.24, 2.45) is 0 Å². The van der Waals surface area contributed by atoms with Gasteiger partial charge >= 0.3 is 0 Å². The third kappa shape index (κ3) is 5.05. The van der Waals surface area contributed by atoms with Crippen molar-refractivity contribution in [1.29, 1.82) is 0 Å². The number of carbonyl (C=O) groups excluding carboxylic acids is 1. The summed E-state index contributed by atoms with van der Waals surface area (Å²) in [6.07, 6.45) is 0. The van der Waals surface area contributed by atoms with Crippen molar-refractivity contribution in [3.8, 4) is 16.3 Å². The van der Waals surface area contributed by atoms with Gasteiger partial charge in [0.05, 0.1) is 28.6 Å². The number of thiocarbonyl (C=S) groups is 1. The van der Waals surface area contributed by atoms with E-state index in [9.17, 15) is 4.79 Å². The lowest BCUT2D eigenvalue weighted by molar-refractivity contribution is 0.0974. The number of ether oxygens (including phenoxy) is 1. The zero-order chi connectivity index (χ0) is 22.0. The first-order chi connectivity index (χ1) is 14.9. The van der Waals surface area contributed by atoms with Gasteiger partial charge in [0, 0.05) is 13.6 Å². The predicted octanol–water partition coefficient (Wildman–Crippen LogP) is 6.47. The molecule has 0 aliphatic carbocycles. The highest BCUT2D eigenvalue weighted by atomic mass is 127. The summed E-state index contributed by atoms with van der Waals surface area (Å²) in [6.45, 7) is 0. The van der Waals surface area contributed by atoms with E-state index >= 15 is 0 Å². The van der Waals surface area contributed by atoms with Crippen molar-refractivity contribution in [1.82, 2.24) is 10.3 Å². The molecule has 0 radical (unpaired) electrons. The lowest BCUT2D eigenvalue weighted by Crippen LogP contribution is -2.34. The second-order valence-electron chi connectivity index (χ2n) is 6.43. The molecule has 0 aliphatic heterocycles. The van der Waals surface area contributed by atoms with Gasteiger partial charge in [0.25, 0.3) is 5.91 Å². The van der Waals surface area contributed by atoms with Crippen LogP contribution in [-0.4, -0.2) is 23.1 Å². The Bertz CT molecular complexity index is 1280. The van der Waals surface area contributed by atoms with Crippen LogP contribution in [0.4, 0.5) is 5.69 Å². The summed E-state index contributed by atoms with van der Waals surface area (Å²) in [5, 5.41) is 6.94. The molecule has 0 atom stereocenters. The smallest absolute Gasteiger partial charge is 0.261 e. The summed E-state index contributed by atoms with van der Waals surface area (Å²) >= 11 is 12.7. The molecule has 31 heavy (non-hydrogen) atoms. The van der Waals surface area contributed by atoms with Crippen LogP contribution in [0.3, 0.4) is 0 Å². The quantitative estimate of drug-likeness (QED) is 0.202. The summed E-state index contributed by atoms with van der Waals surface area (Å²) in [7, 11) is 1.52. The Morgan fingerprint density at radius 2 is 1.97 bits per heavy atom. The van der Waals surface area contributed by atoms with Crippen molar-refractivity contribution < 1.29 is 9.53 Å². The number of hydrogen-bond acceptors (Lipinski definition) is 5. The topological polar surface area (TPSA) is 63.2 Å². The summed E-state index contributed by atoms with van der Waals surface area (Å²) in [6, 6.07) is 19.2. The van der Waals surface area contributed by atoms with E-state index in [-0.39, 0.29) is 11.0 Å². The van der Waals surface area contributed by atoms with Gasteiger partial charge in [-0.15, -0.1) is 11.3 Å². The molecule has 0 spiro atoms. The number of anilines is 1. The molecule has 0 saturated heterocycles. The van der Waals surface area contributed by atoms with Gasteiger partial charge in [-0.2, -0.15) is 0 Å². The number of thiazole rings is 1. The number of benzene rings is 3. The number of para-hydroxylation sites is 1. The number of methoxy groups -OCH3 is 1. The zero-order valence-corrected chi connectivity index (χ0v) is 21.5. The average molecular weight is 624 g/mol. The monoisotopic (exact) mass is 623 g/mol. The molecule has 1 amide bonds. The molecule has 3 aromatic carbocycles. The lowest BCUT2D eigenvalue weighted by Gasteiger charge is -2.14. The van der Waals surface area contributed by atoms with E-state index < -0.39 is 0 Å². The van der Waals surface area contributed by atoms with E-state index in [1.165, 1.54) is 7.11 Å². The molecule has 0 aliphatic rings. The first kappa shape index (κ1) is 22.1. The molecule has 5 nitrogen and oxygen atoms in total. The van der Waals surface area contributed by atoms with E-state index in [1.807, 2.05) is 48.5 Å². The number of amides is 1. The Morgan fingerprint density at radius 1 is 1.16 bits per heavy atom. The molecule has 1 heterocycles. The van der Waals surface area contributed by atoms with E-state index in [2.05, 4.69) is 49.2 Å². The molecule has 0 fully saturated rings. The van der Waals surface area contributed by atoms with Crippen LogP contribution < -0.4 is 15.4 Å². The molecule has 156 valence electrons. The summed E-state index contributed by atoms with van der Waals surface area (Å²) in [5.74, 6) is 0.107. The Morgan fingerprint density at radius 3 is 2.74 bits per heavy atom. The maximum atomic E-state index is 12.8. The van der Waals surface area contributed by atoms with Gasteiger partial charge < -0.3 is 10.1 Å². The fourth-order valence-electron chi connectivity index (χ4n) is 2.97. The second-order valence-corrected chi connectivity index (χ2v) is 10.0. The van der Waals surface area contributed by atoms with Crippen LogP contribution >= 0.6 is 62.1 Å². The predicted molar refractivity (Wildman–Crippen MR) is 142 cm³/mol. The fraction of sp³-hybridized carbons (Fsp3) is 0.0455. The third-order valence-corrected chi connectivity index (χ3v) is 6.83. The number of halogens is 2. The minimum atomic E-state index is -0.359. The minimum Gasteiger partial charge on any atom is -0.496 e. The number of nitrogens with one attached hydrogen (secondary N) is 2. The van der Waals surface area contributed by atoms with Crippen LogP contribution in [0.25, 0.3) is 20.8 Å². The normalized spacial score (nSPS) is 10.7. The Kier molecular flexibility index (Phi) is 6.85. The molecular weight excluding hydrogens is 609 g/mol. The highest BCUT2D eigenvalue weighted by Crippen LogP contribution is 2.35. The summed E-state index contributed by atoms with van der Waals surface area (Å²) in [4.78, 5) is 17.5. The summed E-state index contributed by atoms with van der Waals surface area (Å²) < 4.78 is 8.24. The Hall–Kier alpha value is -2.08. The first-order valence-electron chi connectivity index (χ1n) is 9.06. The number of hydrogen-bond donors (Lipinski definition) is 2. The average Bonchev–Trinajstić information content (AvgIpc) is 3.19. The van der Waals surface area contributed by atoms with E-state index in [4.69, 9.17) is 21.9 Å². The maximum Gasteiger partial charge on any atom is 0.261 e. The number of rotatable bonds is 4. The number of carbonyl (C=O) groups is 1. The van der Waals surface area contributed by atoms with Gasteiger partial charge in [0.15, 0.2) is 5.11 Å². The van der Waals surface area contributed by atoms with Crippen LogP contribution in [0.1, 0.15) is 10.4 Å². The number of fused-ring (bicyclic) bond motifs is 1. The molecule has 0 saturated carbocycles. The minimum absolute atomic E-state index is 0.190. The van der Waals surface area contributed by atoms with E-state index in [0.29, 0.717) is 11.3 Å². The summed E-state index contributed by atoms with van der Waals surface area (Å²) in [5.41, 5.74) is 3.02. The van der Waals surface area contributed by atoms with Crippen LogP contribution in [0.15, 0.2) is 65.1 Å². The number of aromatic nitrogens is 1. The largest absolute Gasteiger partial charge is 0.496 e. The van der Waals surface area contributed by atoms with E-state index in [0.717, 1.165) is 34.5 Å². The van der Waals surface area contributed by atoms with Crippen molar-refractivity contribution >= 4 is 89.0 Å². The Labute approximate surface area is 210 Å². The molecule has 2 N–H and O–H groups in total. The van der Waals surface area contributed by atoms with Gasteiger partial charge in [0.2, 0.25) is 0 Å². The van der Waals surface area contributed by atoms with Crippen LogP contribution in [0.2, 0.25) is 0 Å². The number of nitrogens with zero attached hydrogens (tertiary/aromatic N) is 1. The van der Waals surface area contributed by atoms with Crippen molar-refractivity contribution in [2.45, 2.75) is 0 Å². The molecule has 9 heteroatoms. The van der Waals surface area contributed by atoms with Crippen LogP contribution in [-0.2, 0) is 0 Å². The molecule has 0 bridgehead atoms. The first-order valence-corrected chi connectivity index (χ1v) is 12.2. The van der Waals surface area contributed by atoms with Gasteiger partial charge in [-0.05, 0) is 83.3 Å². The maximum absolute atomic E-state index is 12.8. The lowest BCUT2D eigenvalue weighted by atomic mass is 10.2. The Balaban J connectivity index is 1.59. The highest BCUT2D eigenvalue weighted by molar-refractivity contribution is 14.1. The van der Waals surface area contributed by atoms with Crippen LogP contribution in [0, 0.1) is 3.57 Å². The molecule has 0 unspecified atom stereocenters. The van der Waals surface area contributed by atoms with Crippen molar-refractivity contribution in [2.75, 3.05) is 12.4 Å². The molecule has 1 aromatic heterocycles. The molecule has 4 aromatic rings. The zero-order valence-electron chi connectivity index (χ0n) is 16.1. The third-order valence-electron chi connectivity index (χ3n) is 4.39. The van der Waals surface area contributed by atoms with Gasteiger partial charge in [-0.1, -0.05) is 28.1 Å². The fourth-order valence-corrected chi connectivity index (χ4v) is 5.02. The van der Waals surface area contributed by atoms with Gasteiger partial charge in [0.1, 0.15) is 10.8 Å².